The van der Waals surface area contributed by atoms with Gasteiger partial charge in [-0.1, -0.05) is 15.9 Å². The van der Waals surface area contributed by atoms with Crippen LogP contribution in [0, 0.1) is 23.3 Å². The first-order valence-corrected chi connectivity index (χ1v) is 9.93. The number of benzene rings is 2. The molecule has 0 heterocycles. The number of ether oxygens (including phenoxy) is 2. The van der Waals surface area contributed by atoms with E-state index >= 15 is 0 Å². The SMILES string of the molecule is O=C(CCOC(=O)c1cc(Br)cc(Br)c1Br)Oc1c(F)c(F)c(C(=O)[O-])c(F)c1F. The molecule has 2 aromatic carbocycles. The van der Waals surface area contributed by atoms with Crippen LogP contribution in [-0.2, 0) is 9.53 Å². The summed E-state index contributed by atoms with van der Waals surface area (Å²) in [6.45, 7) is -0.598. The summed E-state index contributed by atoms with van der Waals surface area (Å²) in [7, 11) is 0. The van der Waals surface area contributed by atoms with Crippen molar-refractivity contribution in [1.29, 1.82) is 0 Å². The van der Waals surface area contributed by atoms with Gasteiger partial charge in [0.15, 0.2) is 11.6 Å². The average Bonchev–Trinajstić information content (AvgIpc) is 2.66. The Morgan fingerprint density at radius 1 is 0.933 bits per heavy atom. The second kappa shape index (κ2) is 9.88. The highest BCUT2D eigenvalue weighted by molar-refractivity contribution is 9.13. The molecule has 0 unspecified atom stereocenters. The lowest BCUT2D eigenvalue weighted by Crippen LogP contribution is -2.27. The lowest BCUT2D eigenvalue weighted by Gasteiger charge is -2.12. The molecule has 30 heavy (non-hydrogen) atoms. The molecule has 0 bridgehead atoms. The van der Waals surface area contributed by atoms with Crippen molar-refractivity contribution in [2.24, 2.45) is 0 Å². The van der Waals surface area contributed by atoms with Crippen LogP contribution in [0.1, 0.15) is 27.1 Å². The largest absolute Gasteiger partial charge is 0.545 e. The van der Waals surface area contributed by atoms with Gasteiger partial charge in [0.1, 0.15) is 6.61 Å². The summed E-state index contributed by atoms with van der Waals surface area (Å²) in [6.07, 6.45) is -0.733. The first-order chi connectivity index (χ1) is 14.0. The number of hydrogen-bond acceptors (Lipinski definition) is 6. The zero-order valence-electron chi connectivity index (χ0n) is 14.2. The summed E-state index contributed by atoms with van der Waals surface area (Å²) in [4.78, 5) is 34.4. The highest BCUT2D eigenvalue weighted by atomic mass is 79.9. The van der Waals surface area contributed by atoms with Crippen molar-refractivity contribution in [3.8, 4) is 5.75 Å². The van der Waals surface area contributed by atoms with Gasteiger partial charge >= 0.3 is 11.9 Å². The zero-order chi connectivity index (χ0) is 22.7. The van der Waals surface area contributed by atoms with E-state index in [0.29, 0.717) is 13.4 Å². The number of rotatable bonds is 6. The molecule has 0 aliphatic rings. The molecule has 0 saturated heterocycles. The van der Waals surface area contributed by atoms with Crippen molar-refractivity contribution in [3.63, 3.8) is 0 Å². The summed E-state index contributed by atoms with van der Waals surface area (Å²) in [5.41, 5.74) is -1.90. The summed E-state index contributed by atoms with van der Waals surface area (Å²) >= 11 is 9.54. The summed E-state index contributed by atoms with van der Waals surface area (Å²) in [5.74, 6) is -15.6. The first-order valence-electron chi connectivity index (χ1n) is 7.55. The second-order valence-electron chi connectivity index (χ2n) is 5.36. The van der Waals surface area contributed by atoms with Gasteiger partial charge in [-0.2, -0.15) is 8.78 Å². The molecule has 0 saturated carbocycles. The fourth-order valence-electron chi connectivity index (χ4n) is 2.05. The molecule has 0 aromatic heterocycles. The Balaban J connectivity index is 2.07. The molecule has 2 rings (SSSR count). The Hall–Kier alpha value is -1.99. The van der Waals surface area contributed by atoms with Crippen LogP contribution in [0.5, 0.6) is 5.75 Å². The van der Waals surface area contributed by atoms with Crippen LogP contribution in [0.25, 0.3) is 0 Å². The first kappa shape index (κ1) is 24.3. The van der Waals surface area contributed by atoms with Crippen molar-refractivity contribution in [1.82, 2.24) is 0 Å². The Morgan fingerprint density at radius 3 is 2.03 bits per heavy atom. The Bertz CT molecular complexity index is 1030. The predicted octanol–water partition coefficient (Wildman–Crippen LogP) is 4.05. The molecule has 0 spiro atoms. The van der Waals surface area contributed by atoms with Crippen molar-refractivity contribution in [2.75, 3.05) is 6.61 Å². The van der Waals surface area contributed by atoms with Crippen LogP contribution in [0.2, 0.25) is 0 Å². The fraction of sp³-hybridized carbons (Fsp3) is 0.118. The van der Waals surface area contributed by atoms with Gasteiger partial charge in [-0.3, -0.25) is 4.79 Å². The molecule has 160 valence electrons. The maximum Gasteiger partial charge on any atom is 0.339 e. The topological polar surface area (TPSA) is 92.7 Å². The number of aromatic carboxylic acids is 1. The molecule has 6 nitrogen and oxygen atoms in total. The van der Waals surface area contributed by atoms with Gasteiger partial charge in [-0.15, -0.1) is 0 Å². The van der Waals surface area contributed by atoms with Crippen LogP contribution in [-0.4, -0.2) is 24.5 Å². The van der Waals surface area contributed by atoms with Gasteiger partial charge in [-0.25, -0.2) is 13.6 Å². The normalized spacial score (nSPS) is 10.6. The van der Waals surface area contributed by atoms with E-state index in [1.165, 1.54) is 6.07 Å². The molecule has 0 atom stereocenters. The molecule has 0 amide bonds. The van der Waals surface area contributed by atoms with Crippen LogP contribution in [0.15, 0.2) is 25.6 Å². The van der Waals surface area contributed by atoms with Crippen molar-refractivity contribution >= 4 is 65.7 Å². The second-order valence-corrected chi connectivity index (χ2v) is 7.92. The Morgan fingerprint density at radius 2 is 1.50 bits per heavy atom. The minimum Gasteiger partial charge on any atom is -0.545 e. The van der Waals surface area contributed by atoms with Crippen molar-refractivity contribution in [3.05, 3.63) is 59.9 Å². The van der Waals surface area contributed by atoms with Gasteiger partial charge in [0.2, 0.25) is 17.4 Å². The monoisotopic (exact) mass is 619 g/mol. The molecule has 13 heteroatoms. The highest BCUT2D eigenvalue weighted by Gasteiger charge is 2.28. The maximum absolute atomic E-state index is 13.8. The van der Waals surface area contributed by atoms with Crippen LogP contribution >= 0.6 is 47.8 Å². The van der Waals surface area contributed by atoms with E-state index in [9.17, 15) is 37.1 Å². The summed E-state index contributed by atoms with van der Waals surface area (Å²) < 4.78 is 65.2. The molecule has 0 radical (unpaired) electrons. The van der Waals surface area contributed by atoms with E-state index in [2.05, 4.69) is 52.5 Å². The molecule has 0 fully saturated rings. The van der Waals surface area contributed by atoms with Crippen LogP contribution in [0.4, 0.5) is 17.6 Å². The third kappa shape index (κ3) is 5.19. The minimum absolute atomic E-state index is 0.0868. The van der Waals surface area contributed by atoms with Crippen LogP contribution < -0.4 is 9.84 Å². The van der Waals surface area contributed by atoms with Crippen LogP contribution in [0.3, 0.4) is 0 Å². The quantitative estimate of drug-likeness (QED) is 0.209. The van der Waals surface area contributed by atoms with Gasteiger partial charge in [-0.05, 0) is 44.0 Å². The summed E-state index contributed by atoms with van der Waals surface area (Å²) in [6, 6.07) is 3.07. The Labute approximate surface area is 190 Å². The van der Waals surface area contributed by atoms with E-state index < -0.39 is 65.5 Å². The number of carboxylic acids is 1. The molecular weight excluding hydrogens is 616 g/mol. The molecule has 0 aliphatic carbocycles. The van der Waals surface area contributed by atoms with Crippen molar-refractivity contribution < 1.29 is 46.5 Å². The lowest BCUT2D eigenvalue weighted by molar-refractivity contribution is -0.255. The summed E-state index contributed by atoms with van der Waals surface area (Å²) in [5, 5.41) is 10.6. The highest BCUT2D eigenvalue weighted by Crippen LogP contribution is 2.32. The van der Waals surface area contributed by atoms with Gasteiger partial charge in [0.25, 0.3) is 0 Å². The average molecular weight is 622 g/mol. The van der Waals surface area contributed by atoms with E-state index in [4.69, 9.17) is 4.74 Å². The number of halogens is 7. The third-order valence-corrected chi connectivity index (χ3v) is 5.87. The van der Waals surface area contributed by atoms with Gasteiger partial charge in [0, 0.05) is 13.4 Å². The smallest absolute Gasteiger partial charge is 0.339 e. The molecule has 2 aromatic rings. The number of hydrogen-bond donors (Lipinski definition) is 0. The Kier molecular flexibility index (Phi) is 7.99. The molecular formula is C17H6Br3F4O6-. The number of carbonyl (C=O) groups excluding carboxylic acids is 3. The van der Waals surface area contributed by atoms with E-state index in [1.807, 2.05) is 0 Å². The fourth-order valence-corrected chi connectivity index (χ4v) is 3.67. The van der Waals surface area contributed by atoms with E-state index in [1.54, 1.807) is 6.07 Å². The van der Waals surface area contributed by atoms with Gasteiger partial charge < -0.3 is 19.4 Å². The number of esters is 2. The number of carboxylic acid groups (broad SMARTS) is 1. The third-order valence-electron chi connectivity index (χ3n) is 3.40. The lowest BCUT2D eigenvalue weighted by atomic mass is 10.1. The minimum atomic E-state index is -2.50. The van der Waals surface area contributed by atoms with E-state index in [0.717, 1.165) is 0 Å². The molecule has 0 aliphatic heterocycles. The predicted molar refractivity (Wildman–Crippen MR) is 101 cm³/mol. The number of carbonyl (C=O) groups is 3. The maximum atomic E-state index is 13.8. The van der Waals surface area contributed by atoms with E-state index in [-0.39, 0.29) is 5.56 Å². The van der Waals surface area contributed by atoms with Crippen molar-refractivity contribution in [2.45, 2.75) is 6.42 Å². The zero-order valence-corrected chi connectivity index (χ0v) is 18.9. The standard InChI is InChI=1S/C17H7Br3F4O6/c18-5-3-6(10(20)7(19)4-5)17(28)29-2-1-8(25)30-15-13(23)11(21)9(16(26)27)12(22)14(15)24/h3-4H,1-2H2,(H,26,27)/p-1. The van der Waals surface area contributed by atoms with Gasteiger partial charge in [0.05, 0.1) is 23.5 Å². The molecule has 0 N–H and O–H groups in total.